The largest absolute Gasteiger partial charge is 0.352 e. The van der Waals surface area contributed by atoms with Gasteiger partial charge in [-0.3, -0.25) is 9.59 Å². The molecule has 0 unspecified atom stereocenters. The lowest BCUT2D eigenvalue weighted by Gasteiger charge is -2.36. The molecule has 3 N–H and O–H groups in total. The summed E-state index contributed by atoms with van der Waals surface area (Å²) in [6.07, 6.45) is 3.75. The number of nitrogens with zero attached hydrogens (tertiary/aromatic N) is 1. The molecule has 5 heteroatoms. The minimum atomic E-state index is -0.433. The van der Waals surface area contributed by atoms with Crippen LogP contribution in [0.4, 0.5) is 0 Å². The molecule has 0 heterocycles. The zero-order valence-corrected chi connectivity index (χ0v) is 13.2. The van der Waals surface area contributed by atoms with E-state index in [1.165, 1.54) is 0 Å². The first-order valence-corrected chi connectivity index (χ1v) is 7.70. The number of nitrogens with one attached hydrogen (secondary N) is 1. The van der Waals surface area contributed by atoms with E-state index < -0.39 is 6.04 Å². The van der Waals surface area contributed by atoms with Gasteiger partial charge >= 0.3 is 0 Å². The molecule has 20 heavy (non-hydrogen) atoms. The van der Waals surface area contributed by atoms with Crippen molar-refractivity contribution in [1.82, 2.24) is 10.2 Å². The Morgan fingerprint density at radius 2 is 1.80 bits per heavy atom. The highest BCUT2D eigenvalue weighted by Crippen LogP contribution is 2.23. The first-order valence-electron chi connectivity index (χ1n) is 7.70. The van der Waals surface area contributed by atoms with Crippen molar-refractivity contribution in [2.45, 2.75) is 71.5 Å². The Hall–Kier alpha value is -1.10. The Labute approximate surface area is 122 Å². The van der Waals surface area contributed by atoms with Crippen LogP contribution in [0.3, 0.4) is 0 Å². The molecule has 0 spiro atoms. The monoisotopic (exact) mass is 283 g/mol. The zero-order chi connectivity index (χ0) is 15.3. The maximum Gasteiger partial charge on any atom is 0.237 e. The van der Waals surface area contributed by atoms with Crippen molar-refractivity contribution in [2.75, 3.05) is 6.54 Å². The van der Waals surface area contributed by atoms with Crippen molar-refractivity contribution in [1.29, 1.82) is 0 Å². The molecule has 1 saturated carbocycles. The molecule has 1 aliphatic rings. The summed E-state index contributed by atoms with van der Waals surface area (Å²) in [7, 11) is 0. The van der Waals surface area contributed by atoms with Gasteiger partial charge < -0.3 is 16.0 Å². The highest BCUT2D eigenvalue weighted by molar-refractivity contribution is 5.82. The molecular formula is C15H29N3O2. The third-order valence-electron chi connectivity index (χ3n) is 4.25. The Bertz CT molecular complexity index is 336. The van der Waals surface area contributed by atoms with Crippen LogP contribution in [-0.2, 0) is 9.59 Å². The average Bonchev–Trinajstić information content (AvgIpc) is 2.40. The number of hydrogen-bond acceptors (Lipinski definition) is 3. The quantitative estimate of drug-likeness (QED) is 0.797. The topological polar surface area (TPSA) is 75.4 Å². The second kappa shape index (κ2) is 7.62. The molecule has 0 aromatic rings. The number of carbonyl (C=O) groups excluding carboxylic acids is 2. The highest BCUT2D eigenvalue weighted by Gasteiger charge is 2.28. The van der Waals surface area contributed by atoms with Gasteiger partial charge in [-0.1, -0.05) is 13.8 Å². The van der Waals surface area contributed by atoms with Crippen molar-refractivity contribution in [3.63, 3.8) is 0 Å². The van der Waals surface area contributed by atoms with Gasteiger partial charge in [-0.25, -0.2) is 0 Å². The summed E-state index contributed by atoms with van der Waals surface area (Å²) in [6.45, 7) is 8.30. The molecule has 0 aromatic heterocycles. The Kier molecular flexibility index (Phi) is 6.46. The van der Waals surface area contributed by atoms with Crippen LogP contribution < -0.4 is 11.1 Å². The molecule has 2 amide bonds. The van der Waals surface area contributed by atoms with E-state index >= 15 is 0 Å². The van der Waals surface area contributed by atoms with Crippen LogP contribution in [0.1, 0.15) is 53.4 Å². The summed E-state index contributed by atoms with van der Waals surface area (Å²) < 4.78 is 0. The smallest absolute Gasteiger partial charge is 0.237 e. The van der Waals surface area contributed by atoms with Crippen molar-refractivity contribution >= 4 is 11.8 Å². The second-order valence-corrected chi connectivity index (χ2v) is 6.09. The Morgan fingerprint density at radius 1 is 1.25 bits per heavy atom. The van der Waals surface area contributed by atoms with Crippen molar-refractivity contribution in [2.24, 2.45) is 11.7 Å². The molecule has 1 rings (SSSR count). The number of nitrogens with two attached hydrogens (primary N) is 1. The minimum Gasteiger partial charge on any atom is -0.352 e. The van der Waals surface area contributed by atoms with Crippen LogP contribution in [0.15, 0.2) is 0 Å². The van der Waals surface area contributed by atoms with Gasteiger partial charge in [0.25, 0.3) is 0 Å². The number of amides is 2. The molecule has 0 aliphatic heterocycles. The lowest BCUT2D eigenvalue weighted by Crippen LogP contribution is -2.50. The first kappa shape index (κ1) is 17.0. The van der Waals surface area contributed by atoms with Gasteiger partial charge in [0.05, 0.1) is 6.04 Å². The van der Waals surface area contributed by atoms with Crippen LogP contribution in [0.5, 0.6) is 0 Å². The first-order chi connectivity index (χ1) is 9.36. The molecule has 0 saturated heterocycles. The van der Waals surface area contributed by atoms with Gasteiger partial charge in [-0.15, -0.1) is 0 Å². The molecule has 0 aromatic carbocycles. The van der Waals surface area contributed by atoms with Crippen LogP contribution in [0.2, 0.25) is 0 Å². The van der Waals surface area contributed by atoms with E-state index in [2.05, 4.69) is 5.32 Å². The average molecular weight is 283 g/mol. The van der Waals surface area contributed by atoms with Gasteiger partial charge in [0.15, 0.2) is 0 Å². The van der Waals surface area contributed by atoms with Crippen LogP contribution in [0, 0.1) is 5.92 Å². The van der Waals surface area contributed by atoms with Gasteiger partial charge in [-0.05, 0) is 38.5 Å². The van der Waals surface area contributed by atoms with Gasteiger partial charge in [0.2, 0.25) is 11.8 Å². The van der Waals surface area contributed by atoms with E-state index in [9.17, 15) is 9.59 Å². The van der Waals surface area contributed by atoms with E-state index in [1.54, 1.807) is 6.92 Å². The predicted molar refractivity (Wildman–Crippen MR) is 80.1 cm³/mol. The summed E-state index contributed by atoms with van der Waals surface area (Å²) >= 11 is 0. The number of carbonyl (C=O) groups is 2. The fourth-order valence-electron chi connectivity index (χ4n) is 2.87. The van der Waals surface area contributed by atoms with Crippen LogP contribution in [-0.4, -0.2) is 41.4 Å². The fourth-order valence-corrected chi connectivity index (χ4v) is 2.87. The molecule has 5 nitrogen and oxygen atoms in total. The molecule has 0 radical (unpaired) electrons. The molecular weight excluding hydrogens is 254 g/mol. The van der Waals surface area contributed by atoms with E-state index in [1.807, 2.05) is 25.7 Å². The summed E-state index contributed by atoms with van der Waals surface area (Å²) in [5, 5.41) is 3.04. The van der Waals surface area contributed by atoms with Crippen molar-refractivity contribution in [3.8, 4) is 0 Å². The summed E-state index contributed by atoms with van der Waals surface area (Å²) in [5.41, 5.74) is 5.85. The van der Waals surface area contributed by atoms with Gasteiger partial charge in [0.1, 0.15) is 0 Å². The summed E-state index contributed by atoms with van der Waals surface area (Å²) in [5.74, 6) is 0.240. The molecule has 1 atom stereocenters. The Balaban J connectivity index is 2.43. The van der Waals surface area contributed by atoms with Gasteiger partial charge in [0, 0.05) is 25.6 Å². The molecule has 0 bridgehead atoms. The van der Waals surface area contributed by atoms with E-state index in [-0.39, 0.29) is 23.8 Å². The van der Waals surface area contributed by atoms with Crippen LogP contribution in [0.25, 0.3) is 0 Å². The highest BCUT2D eigenvalue weighted by atomic mass is 16.2. The molecule has 1 fully saturated rings. The molecule has 116 valence electrons. The van der Waals surface area contributed by atoms with Crippen molar-refractivity contribution in [3.05, 3.63) is 0 Å². The Morgan fingerprint density at radius 3 is 2.20 bits per heavy atom. The standard InChI is InChI=1S/C15H29N3O2/c1-5-18(11(4)19)13-8-6-12(7-9-13)17-15(20)14(16)10(2)3/h10,12-14H,5-9,16H2,1-4H3,(H,17,20)/t12?,13?,14-/m0/s1. The maximum absolute atomic E-state index is 11.9. The number of rotatable bonds is 5. The zero-order valence-electron chi connectivity index (χ0n) is 13.2. The fraction of sp³-hybridized carbons (Fsp3) is 0.867. The van der Waals surface area contributed by atoms with E-state index in [0.29, 0.717) is 6.04 Å². The van der Waals surface area contributed by atoms with E-state index in [4.69, 9.17) is 5.73 Å². The SMILES string of the molecule is CCN(C(C)=O)C1CCC(NC(=O)[C@@H](N)C(C)C)CC1. The molecule has 1 aliphatic carbocycles. The third kappa shape index (κ3) is 4.47. The number of hydrogen-bond donors (Lipinski definition) is 2. The summed E-state index contributed by atoms with van der Waals surface area (Å²) in [6, 6.07) is 0.0933. The minimum absolute atomic E-state index is 0.0534. The van der Waals surface area contributed by atoms with Crippen molar-refractivity contribution < 1.29 is 9.59 Å². The lowest BCUT2D eigenvalue weighted by molar-refractivity contribution is -0.132. The predicted octanol–water partition coefficient (Wildman–Crippen LogP) is 1.27. The van der Waals surface area contributed by atoms with E-state index in [0.717, 1.165) is 32.2 Å². The maximum atomic E-state index is 11.9. The normalized spacial score (nSPS) is 24.3. The summed E-state index contributed by atoms with van der Waals surface area (Å²) in [4.78, 5) is 25.4. The second-order valence-electron chi connectivity index (χ2n) is 6.09. The lowest BCUT2D eigenvalue weighted by atomic mass is 9.89. The third-order valence-corrected chi connectivity index (χ3v) is 4.25. The van der Waals surface area contributed by atoms with Gasteiger partial charge in [-0.2, -0.15) is 0 Å². The van der Waals surface area contributed by atoms with Crippen LogP contribution >= 0.6 is 0 Å².